The van der Waals surface area contributed by atoms with E-state index in [0.29, 0.717) is 11.3 Å². The Kier molecular flexibility index (Phi) is 13.9. The van der Waals surface area contributed by atoms with E-state index in [9.17, 15) is 4.79 Å². The molecule has 1 amide bonds. The van der Waals surface area contributed by atoms with Gasteiger partial charge in [0.05, 0.1) is 0 Å². The van der Waals surface area contributed by atoms with Gasteiger partial charge < -0.3 is 20.3 Å². The minimum atomic E-state index is 0. The summed E-state index contributed by atoms with van der Waals surface area (Å²) < 4.78 is 5.62. The van der Waals surface area contributed by atoms with Crippen LogP contribution < -0.4 is 10.6 Å². The van der Waals surface area contributed by atoms with Crippen molar-refractivity contribution in [2.45, 2.75) is 78.1 Å². The maximum absolute atomic E-state index is 12.1. The van der Waals surface area contributed by atoms with Crippen molar-refractivity contribution in [1.82, 2.24) is 15.5 Å². The fourth-order valence-electron chi connectivity index (χ4n) is 4.39. The van der Waals surface area contributed by atoms with Crippen molar-refractivity contribution in [3.8, 4) is 0 Å². The summed E-state index contributed by atoms with van der Waals surface area (Å²) in [5.41, 5.74) is 0.315. The SMILES string of the molecule is CCNC(=NCC1(CCOCC)CCCC1)NCCCN1CCCCCC1=O.I. The van der Waals surface area contributed by atoms with Crippen LogP contribution in [-0.4, -0.2) is 62.7 Å². The minimum absolute atomic E-state index is 0. The Bertz CT molecular complexity index is 481. The zero-order chi connectivity index (χ0) is 20.1. The van der Waals surface area contributed by atoms with Crippen LogP contribution in [0.25, 0.3) is 0 Å². The van der Waals surface area contributed by atoms with Gasteiger partial charge in [-0.05, 0) is 57.8 Å². The van der Waals surface area contributed by atoms with Gasteiger partial charge in [-0.25, -0.2) is 0 Å². The number of nitrogens with zero attached hydrogens (tertiary/aromatic N) is 2. The molecule has 0 aromatic heterocycles. The van der Waals surface area contributed by atoms with Crippen LogP contribution in [0.4, 0.5) is 0 Å². The summed E-state index contributed by atoms with van der Waals surface area (Å²) >= 11 is 0. The Labute approximate surface area is 195 Å². The van der Waals surface area contributed by atoms with E-state index in [1.165, 1.54) is 32.1 Å². The lowest BCUT2D eigenvalue weighted by atomic mass is 9.83. The molecule has 7 heteroatoms. The monoisotopic (exact) mass is 522 g/mol. The van der Waals surface area contributed by atoms with Gasteiger partial charge in [0.25, 0.3) is 0 Å². The van der Waals surface area contributed by atoms with Gasteiger partial charge in [0.2, 0.25) is 5.91 Å². The van der Waals surface area contributed by atoms with E-state index in [4.69, 9.17) is 9.73 Å². The lowest BCUT2D eigenvalue weighted by Crippen LogP contribution is -2.40. The molecule has 1 heterocycles. The van der Waals surface area contributed by atoms with Crippen LogP contribution in [0.1, 0.15) is 78.1 Å². The zero-order valence-electron chi connectivity index (χ0n) is 18.6. The highest BCUT2D eigenvalue weighted by atomic mass is 127. The number of halogens is 1. The first-order valence-corrected chi connectivity index (χ1v) is 11.6. The van der Waals surface area contributed by atoms with Crippen LogP contribution in [-0.2, 0) is 9.53 Å². The first-order valence-electron chi connectivity index (χ1n) is 11.6. The van der Waals surface area contributed by atoms with Crippen molar-refractivity contribution < 1.29 is 9.53 Å². The van der Waals surface area contributed by atoms with Gasteiger partial charge in [-0.1, -0.05) is 19.3 Å². The van der Waals surface area contributed by atoms with Crippen LogP contribution >= 0.6 is 24.0 Å². The maximum atomic E-state index is 12.1. The fourth-order valence-corrected chi connectivity index (χ4v) is 4.39. The van der Waals surface area contributed by atoms with Crippen molar-refractivity contribution in [2.75, 3.05) is 45.9 Å². The van der Waals surface area contributed by atoms with Gasteiger partial charge in [0.1, 0.15) is 0 Å². The molecule has 2 fully saturated rings. The van der Waals surface area contributed by atoms with E-state index in [1.54, 1.807) is 0 Å². The Morgan fingerprint density at radius 2 is 1.93 bits per heavy atom. The zero-order valence-corrected chi connectivity index (χ0v) is 21.0. The molecule has 1 aliphatic heterocycles. The van der Waals surface area contributed by atoms with Crippen molar-refractivity contribution in [3.05, 3.63) is 0 Å². The lowest BCUT2D eigenvalue weighted by molar-refractivity contribution is -0.130. The first kappa shape index (κ1) is 26.5. The highest BCUT2D eigenvalue weighted by Gasteiger charge is 2.33. The van der Waals surface area contributed by atoms with E-state index in [1.807, 2.05) is 4.90 Å². The van der Waals surface area contributed by atoms with Crippen LogP contribution in [0.2, 0.25) is 0 Å². The van der Waals surface area contributed by atoms with Crippen molar-refractivity contribution in [2.24, 2.45) is 10.4 Å². The molecule has 170 valence electrons. The summed E-state index contributed by atoms with van der Waals surface area (Å²) in [7, 11) is 0. The van der Waals surface area contributed by atoms with Crippen LogP contribution in [0.5, 0.6) is 0 Å². The second-order valence-corrected chi connectivity index (χ2v) is 8.32. The molecule has 2 rings (SSSR count). The fraction of sp³-hybridized carbons (Fsp3) is 0.909. The minimum Gasteiger partial charge on any atom is -0.382 e. The summed E-state index contributed by atoms with van der Waals surface area (Å²) in [6.07, 6.45) is 11.3. The Balaban J connectivity index is 0.00000420. The largest absolute Gasteiger partial charge is 0.382 e. The molecule has 0 aromatic carbocycles. The number of aliphatic imine (C=N–C) groups is 1. The van der Waals surface area contributed by atoms with Crippen LogP contribution in [0.3, 0.4) is 0 Å². The summed E-state index contributed by atoms with van der Waals surface area (Å²) in [6, 6.07) is 0. The predicted molar refractivity (Wildman–Crippen MR) is 131 cm³/mol. The quantitative estimate of drug-likeness (QED) is 0.187. The second-order valence-electron chi connectivity index (χ2n) is 8.32. The molecular formula is C22H43IN4O2. The Hall–Kier alpha value is -0.570. The molecule has 1 saturated carbocycles. The molecular weight excluding hydrogens is 479 g/mol. The van der Waals surface area contributed by atoms with Gasteiger partial charge in [-0.15, -0.1) is 24.0 Å². The van der Waals surface area contributed by atoms with E-state index < -0.39 is 0 Å². The number of carbonyl (C=O) groups excluding carboxylic acids is 1. The van der Waals surface area contributed by atoms with E-state index in [0.717, 1.165) is 84.0 Å². The van der Waals surface area contributed by atoms with Gasteiger partial charge >= 0.3 is 0 Å². The van der Waals surface area contributed by atoms with Gasteiger partial charge in [-0.2, -0.15) is 0 Å². The number of likely N-dealkylation sites (tertiary alicyclic amines) is 1. The number of ether oxygens (including phenoxy) is 1. The normalized spacial score (nSPS) is 19.6. The summed E-state index contributed by atoms with van der Waals surface area (Å²) in [4.78, 5) is 19.1. The maximum Gasteiger partial charge on any atom is 0.222 e. The number of guanidine groups is 1. The highest BCUT2D eigenvalue weighted by molar-refractivity contribution is 14.0. The Morgan fingerprint density at radius 3 is 2.66 bits per heavy atom. The average Bonchev–Trinajstić information content (AvgIpc) is 3.06. The van der Waals surface area contributed by atoms with Crippen molar-refractivity contribution in [1.29, 1.82) is 0 Å². The third-order valence-electron chi connectivity index (χ3n) is 6.13. The van der Waals surface area contributed by atoms with Crippen LogP contribution in [0, 0.1) is 5.41 Å². The van der Waals surface area contributed by atoms with Gasteiger partial charge in [-0.3, -0.25) is 9.79 Å². The number of rotatable bonds is 11. The molecule has 0 aromatic rings. The molecule has 0 radical (unpaired) electrons. The lowest BCUT2D eigenvalue weighted by Gasteiger charge is -2.27. The molecule has 1 aliphatic carbocycles. The number of nitrogens with one attached hydrogen (secondary N) is 2. The predicted octanol–water partition coefficient (Wildman–Crippen LogP) is 3.94. The van der Waals surface area contributed by atoms with Crippen molar-refractivity contribution >= 4 is 35.8 Å². The first-order chi connectivity index (χ1) is 13.7. The summed E-state index contributed by atoms with van der Waals surface area (Å²) in [5, 5.41) is 6.84. The molecule has 29 heavy (non-hydrogen) atoms. The van der Waals surface area contributed by atoms with Gasteiger partial charge in [0.15, 0.2) is 5.96 Å². The standard InChI is InChI=1S/C22H42N4O2.HI/c1-3-23-21(24-15-10-17-26-16-9-5-6-11-20(26)27)25-19-22(12-7-8-13-22)14-18-28-4-2;/h3-19H2,1-2H3,(H2,23,24,25);1H. The van der Waals surface area contributed by atoms with E-state index in [2.05, 4.69) is 24.5 Å². The Morgan fingerprint density at radius 1 is 1.14 bits per heavy atom. The molecule has 2 N–H and O–H groups in total. The number of amides is 1. The van der Waals surface area contributed by atoms with E-state index >= 15 is 0 Å². The molecule has 1 saturated heterocycles. The summed E-state index contributed by atoms with van der Waals surface area (Å²) in [5.74, 6) is 1.24. The number of hydrogen-bond acceptors (Lipinski definition) is 3. The molecule has 0 bridgehead atoms. The van der Waals surface area contributed by atoms with Gasteiger partial charge in [0, 0.05) is 52.4 Å². The van der Waals surface area contributed by atoms with Crippen LogP contribution in [0.15, 0.2) is 4.99 Å². The third kappa shape index (κ3) is 9.85. The summed E-state index contributed by atoms with van der Waals surface area (Å²) in [6.45, 7) is 10.2. The smallest absolute Gasteiger partial charge is 0.222 e. The van der Waals surface area contributed by atoms with E-state index in [-0.39, 0.29) is 24.0 Å². The molecule has 0 spiro atoms. The molecule has 0 unspecified atom stereocenters. The molecule has 0 atom stereocenters. The van der Waals surface area contributed by atoms with Crippen molar-refractivity contribution in [3.63, 3.8) is 0 Å². The third-order valence-corrected chi connectivity index (χ3v) is 6.13. The molecule has 2 aliphatic rings. The average molecular weight is 523 g/mol. The highest BCUT2D eigenvalue weighted by Crippen LogP contribution is 2.41. The molecule has 6 nitrogen and oxygen atoms in total. The number of carbonyl (C=O) groups is 1. The second kappa shape index (κ2) is 15.3. The topological polar surface area (TPSA) is 66.0 Å². The number of hydrogen-bond donors (Lipinski definition) is 2.